The highest BCUT2D eigenvalue weighted by molar-refractivity contribution is 6.30. The normalized spacial score (nSPS) is 26.9. The quantitative estimate of drug-likeness (QED) is 0.809. The van der Waals surface area contributed by atoms with E-state index in [1.807, 2.05) is 12.1 Å². The third-order valence-electron chi connectivity index (χ3n) is 4.60. The van der Waals surface area contributed by atoms with Crippen molar-refractivity contribution in [3.05, 3.63) is 64.2 Å². The number of rotatable bonds is 1. The predicted octanol–water partition coefficient (Wildman–Crippen LogP) is 4.89. The highest BCUT2D eigenvalue weighted by Crippen LogP contribution is 2.50. The number of hydrogen-bond donors (Lipinski definition) is 1. The van der Waals surface area contributed by atoms with E-state index in [9.17, 15) is 0 Å². The fourth-order valence-electron chi connectivity index (χ4n) is 3.62. The summed E-state index contributed by atoms with van der Waals surface area (Å²) in [5, 5.41) is 4.49. The number of benzene rings is 2. The summed E-state index contributed by atoms with van der Waals surface area (Å²) in [5.74, 6) is 0.470. The van der Waals surface area contributed by atoms with Gasteiger partial charge in [-0.15, -0.1) is 0 Å². The molecule has 3 heteroatoms. The van der Waals surface area contributed by atoms with E-state index in [0.29, 0.717) is 5.92 Å². The second-order valence-corrected chi connectivity index (χ2v) is 6.45. The van der Waals surface area contributed by atoms with Gasteiger partial charge in [-0.25, -0.2) is 0 Å². The fraction of sp³-hybridized carbons (Fsp3) is 0.333. The maximum atomic E-state index is 6.17. The van der Waals surface area contributed by atoms with Gasteiger partial charge in [0.2, 0.25) is 0 Å². The lowest BCUT2D eigenvalue weighted by molar-refractivity contribution is 0.0829. The van der Waals surface area contributed by atoms with Crippen LogP contribution in [0.2, 0.25) is 5.02 Å². The monoisotopic (exact) mass is 299 g/mol. The van der Waals surface area contributed by atoms with Crippen LogP contribution < -0.4 is 5.32 Å². The number of fused-ring (bicyclic) bond motifs is 3. The highest BCUT2D eigenvalue weighted by atomic mass is 35.5. The van der Waals surface area contributed by atoms with Crippen LogP contribution in [0.5, 0.6) is 0 Å². The number of nitrogens with one attached hydrogen (secondary N) is 1. The molecule has 2 aliphatic heterocycles. The minimum Gasteiger partial charge on any atom is -0.378 e. The van der Waals surface area contributed by atoms with Crippen molar-refractivity contribution in [2.24, 2.45) is 5.92 Å². The minimum absolute atomic E-state index is 0.199. The fourth-order valence-corrected chi connectivity index (χ4v) is 3.82. The van der Waals surface area contributed by atoms with Crippen molar-refractivity contribution in [3.8, 4) is 0 Å². The first-order valence-electron chi connectivity index (χ1n) is 7.46. The Morgan fingerprint density at radius 2 is 2.10 bits per heavy atom. The number of halogens is 1. The molecule has 1 unspecified atom stereocenters. The lowest BCUT2D eigenvalue weighted by atomic mass is 9.80. The Morgan fingerprint density at radius 1 is 1.19 bits per heavy atom. The molecule has 0 amide bonds. The Balaban J connectivity index is 1.79. The Morgan fingerprint density at radius 3 is 2.95 bits per heavy atom. The van der Waals surface area contributed by atoms with Crippen molar-refractivity contribution >= 4 is 17.3 Å². The van der Waals surface area contributed by atoms with E-state index in [1.54, 1.807) is 0 Å². The van der Waals surface area contributed by atoms with Crippen molar-refractivity contribution in [2.45, 2.75) is 25.5 Å². The van der Waals surface area contributed by atoms with Gasteiger partial charge in [-0.3, -0.25) is 0 Å². The topological polar surface area (TPSA) is 21.3 Å². The van der Waals surface area contributed by atoms with E-state index in [2.05, 4.69) is 42.6 Å². The lowest BCUT2D eigenvalue weighted by Gasteiger charge is -2.36. The molecule has 2 heterocycles. The van der Waals surface area contributed by atoms with Gasteiger partial charge in [-0.05, 0) is 37.1 Å². The molecule has 2 aromatic rings. The van der Waals surface area contributed by atoms with Gasteiger partial charge >= 0.3 is 0 Å². The first-order valence-corrected chi connectivity index (χ1v) is 7.84. The molecule has 0 radical (unpaired) electrons. The van der Waals surface area contributed by atoms with Gasteiger partial charge in [0.05, 0.1) is 12.1 Å². The van der Waals surface area contributed by atoms with E-state index in [4.69, 9.17) is 16.3 Å². The number of ether oxygens (including phenoxy) is 1. The second-order valence-electron chi connectivity index (χ2n) is 6.01. The number of hydrogen-bond acceptors (Lipinski definition) is 2. The molecule has 0 spiro atoms. The van der Waals surface area contributed by atoms with Crippen LogP contribution >= 0.6 is 11.6 Å². The summed E-state index contributed by atoms with van der Waals surface area (Å²) in [6.45, 7) is 2.97. The highest BCUT2D eigenvalue weighted by Gasteiger charge is 2.41. The third kappa shape index (κ3) is 2.23. The van der Waals surface area contributed by atoms with Gasteiger partial charge in [0, 0.05) is 28.8 Å². The Hall–Kier alpha value is -1.51. The van der Waals surface area contributed by atoms with Crippen LogP contribution in [0.4, 0.5) is 5.69 Å². The Labute approximate surface area is 130 Å². The molecule has 0 aliphatic carbocycles. The van der Waals surface area contributed by atoms with Crippen LogP contribution in [0.3, 0.4) is 0 Å². The maximum Gasteiger partial charge on any atom is 0.0896 e. The molecule has 1 fully saturated rings. The van der Waals surface area contributed by atoms with E-state index >= 15 is 0 Å². The van der Waals surface area contributed by atoms with Gasteiger partial charge in [0.25, 0.3) is 0 Å². The van der Waals surface area contributed by atoms with Crippen molar-refractivity contribution in [2.75, 3.05) is 11.9 Å². The van der Waals surface area contributed by atoms with Crippen molar-refractivity contribution in [3.63, 3.8) is 0 Å². The molecule has 1 saturated heterocycles. The molecule has 0 saturated carbocycles. The predicted molar refractivity (Wildman–Crippen MR) is 85.8 cm³/mol. The average molecular weight is 300 g/mol. The van der Waals surface area contributed by atoms with Crippen molar-refractivity contribution < 1.29 is 4.74 Å². The molecule has 3 atom stereocenters. The summed E-state index contributed by atoms with van der Waals surface area (Å²) >= 11 is 6.17. The van der Waals surface area contributed by atoms with Crippen LogP contribution in [0.15, 0.2) is 42.5 Å². The first kappa shape index (κ1) is 13.2. The van der Waals surface area contributed by atoms with E-state index < -0.39 is 0 Å². The van der Waals surface area contributed by atoms with Crippen LogP contribution in [0, 0.1) is 12.8 Å². The Kier molecular flexibility index (Phi) is 3.16. The number of aryl methyl sites for hydroxylation is 1. The second kappa shape index (κ2) is 5.04. The maximum absolute atomic E-state index is 6.17. The Bertz CT molecular complexity index is 685. The summed E-state index contributed by atoms with van der Waals surface area (Å²) in [6.07, 6.45) is 1.28. The molecule has 21 heavy (non-hydrogen) atoms. The summed E-state index contributed by atoms with van der Waals surface area (Å²) in [4.78, 5) is 0. The molecule has 4 rings (SSSR count). The van der Waals surface area contributed by atoms with Crippen LogP contribution in [-0.4, -0.2) is 6.61 Å². The van der Waals surface area contributed by atoms with Gasteiger partial charge in [0.1, 0.15) is 0 Å². The average Bonchev–Trinajstić information content (AvgIpc) is 2.96. The first-order chi connectivity index (χ1) is 10.2. The van der Waals surface area contributed by atoms with Crippen LogP contribution in [0.25, 0.3) is 0 Å². The zero-order chi connectivity index (χ0) is 14.4. The zero-order valence-corrected chi connectivity index (χ0v) is 12.7. The number of anilines is 1. The van der Waals surface area contributed by atoms with Gasteiger partial charge in [-0.1, -0.05) is 41.4 Å². The van der Waals surface area contributed by atoms with Crippen molar-refractivity contribution in [1.29, 1.82) is 0 Å². The zero-order valence-electron chi connectivity index (χ0n) is 12.0. The lowest BCUT2D eigenvalue weighted by Crippen LogP contribution is -2.29. The molecular formula is C18H18ClNO. The van der Waals surface area contributed by atoms with Gasteiger partial charge < -0.3 is 10.1 Å². The molecule has 0 aromatic heterocycles. The molecule has 2 aromatic carbocycles. The molecule has 2 aliphatic rings. The molecule has 0 bridgehead atoms. The molecule has 108 valence electrons. The van der Waals surface area contributed by atoms with E-state index in [-0.39, 0.29) is 12.1 Å². The van der Waals surface area contributed by atoms with Crippen molar-refractivity contribution in [1.82, 2.24) is 0 Å². The van der Waals surface area contributed by atoms with Gasteiger partial charge in [0.15, 0.2) is 0 Å². The summed E-state index contributed by atoms with van der Waals surface area (Å²) < 4.78 is 6.05. The minimum atomic E-state index is 0.199. The van der Waals surface area contributed by atoms with E-state index in [1.165, 1.54) is 22.4 Å². The van der Waals surface area contributed by atoms with E-state index in [0.717, 1.165) is 18.1 Å². The summed E-state index contributed by atoms with van der Waals surface area (Å²) in [7, 11) is 0. The molecule has 1 N–H and O–H groups in total. The van der Waals surface area contributed by atoms with Crippen LogP contribution in [-0.2, 0) is 4.74 Å². The van der Waals surface area contributed by atoms with Crippen LogP contribution in [0.1, 0.15) is 35.3 Å². The largest absolute Gasteiger partial charge is 0.378 e. The summed E-state index contributed by atoms with van der Waals surface area (Å²) in [5.41, 5.74) is 5.02. The smallest absolute Gasteiger partial charge is 0.0896 e. The molecular weight excluding hydrogens is 282 g/mol. The standard InChI is InChI=1S/C18H18ClNO/c1-11-5-6-16-15(9-11)18-14(7-8-21-18)17(20-16)12-3-2-4-13(19)10-12/h2-6,9-10,14,17-18,20H,7-8H2,1H3/t14-,17?,18-/m0/s1. The van der Waals surface area contributed by atoms with Gasteiger partial charge in [-0.2, -0.15) is 0 Å². The molecule has 2 nitrogen and oxygen atoms in total. The summed E-state index contributed by atoms with van der Waals surface area (Å²) in [6, 6.07) is 15.0. The SMILES string of the molecule is Cc1ccc2c(c1)[C@H]1OCC[C@H]1C(c1cccc(Cl)c1)N2. The third-order valence-corrected chi connectivity index (χ3v) is 4.83.